The molecule has 1 aromatic carbocycles. The lowest BCUT2D eigenvalue weighted by Crippen LogP contribution is -2.33. The number of carbonyl (C=O) groups is 1. The van der Waals surface area contributed by atoms with Gasteiger partial charge in [-0.3, -0.25) is 4.79 Å². The van der Waals surface area contributed by atoms with Crippen molar-refractivity contribution in [3.05, 3.63) is 23.8 Å². The van der Waals surface area contributed by atoms with Crippen molar-refractivity contribution in [3.63, 3.8) is 0 Å². The zero-order chi connectivity index (χ0) is 11.1. The Balaban J connectivity index is 2.28. The first-order chi connectivity index (χ1) is 7.00. The molecule has 0 bridgehead atoms. The van der Waals surface area contributed by atoms with Crippen molar-refractivity contribution in [2.45, 2.75) is 25.4 Å². The summed E-state index contributed by atoms with van der Waals surface area (Å²) in [4.78, 5) is 10.7. The highest BCUT2D eigenvalue weighted by atomic mass is 16.5. The van der Waals surface area contributed by atoms with E-state index in [1.165, 1.54) is 6.07 Å². The number of para-hydroxylation sites is 1. The summed E-state index contributed by atoms with van der Waals surface area (Å²) in [6.07, 6.45) is 0.449. The molecule has 80 valence electrons. The number of phenolic OH excluding ortho intramolecular Hbond substituents is 1. The number of aromatic hydroxyl groups is 1. The molecule has 1 aliphatic rings. The quantitative estimate of drug-likeness (QED) is 0.774. The fourth-order valence-electron chi connectivity index (χ4n) is 1.93. The number of carboxylic acid groups (broad SMARTS) is 1. The largest absolute Gasteiger partial charge is 0.504 e. The minimum Gasteiger partial charge on any atom is -0.504 e. The number of hydrogen-bond acceptors (Lipinski definition) is 3. The Kier molecular flexibility index (Phi) is 2.07. The lowest BCUT2D eigenvalue weighted by atomic mass is 9.96. The second-order valence-corrected chi connectivity index (χ2v) is 4.06. The van der Waals surface area contributed by atoms with Crippen LogP contribution >= 0.6 is 0 Å². The van der Waals surface area contributed by atoms with Gasteiger partial charge in [-0.15, -0.1) is 0 Å². The highest BCUT2D eigenvalue weighted by Crippen LogP contribution is 2.42. The first kappa shape index (κ1) is 9.83. The molecule has 2 rings (SSSR count). The molecule has 1 aromatic rings. The third kappa shape index (κ3) is 1.75. The van der Waals surface area contributed by atoms with Gasteiger partial charge in [0.05, 0.1) is 6.42 Å². The van der Waals surface area contributed by atoms with Gasteiger partial charge in [-0.2, -0.15) is 0 Å². The summed E-state index contributed by atoms with van der Waals surface area (Å²) in [5.74, 6) is -0.410. The van der Waals surface area contributed by atoms with Crippen LogP contribution in [0.2, 0.25) is 0 Å². The van der Waals surface area contributed by atoms with Crippen molar-refractivity contribution in [1.82, 2.24) is 0 Å². The summed E-state index contributed by atoms with van der Waals surface area (Å²) < 4.78 is 5.51. The summed E-state index contributed by atoms with van der Waals surface area (Å²) in [7, 11) is 0. The molecule has 15 heavy (non-hydrogen) atoms. The minimum atomic E-state index is -0.898. The first-order valence-electron chi connectivity index (χ1n) is 4.72. The highest BCUT2D eigenvalue weighted by molar-refractivity contribution is 5.69. The number of rotatable bonds is 2. The molecule has 1 atom stereocenters. The summed E-state index contributed by atoms with van der Waals surface area (Å²) in [5, 5.41) is 18.3. The Labute approximate surface area is 87.1 Å². The molecular weight excluding hydrogens is 196 g/mol. The maximum absolute atomic E-state index is 10.7. The van der Waals surface area contributed by atoms with E-state index in [4.69, 9.17) is 9.84 Å². The van der Waals surface area contributed by atoms with Crippen LogP contribution in [0.5, 0.6) is 11.5 Å². The second kappa shape index (κ2) is 3.15. The van der Waals surface area contributed by atoms with E-state index in [0.29, 0.717) is 12.2 Å². The van der Waals surface area contributed by atoms with Crippen molar-refractivity contribution in [3.8, 4) is 11.5 Å². The Hall–Kier alpha value is -1.71. The number of fused-ring (bicyclic) bond motifs is 1. The molecule has 0 fully saturated rings. The summed E-state index contributed by atoms with van der Waals surface area (Å²) >= 11 is 0. The highest BCUT2D eigenvalue weighted by Gasteiger charge is 2.38. The third-order valence-corrected chi connectivity index (χ3v) is 2.51. The van der Waals surface area contributed by atoms with Crippen molar-refractivity contribution < 1.29 is 19.7 Å². The monoisotopic (exact) mass is 208 g/mol. The molecule has 0 saturated heterocycles. The number of carboxylic acids is 1. The molecule has 0 aliphatic carbocycles. The van der Waals surface area contributed by atoms with Crippen LogP contribution in [0.15, 0.2) is 18.2 Å². The predicted molar refractivity (Wildman–Crippen MR) is 53.1 cm³/mol. The van der Waals surface area contributed by atoms with Gasteiger partial charge in [0.1, 0.15) is 5.60 Å². The van der Waals surface area contributed by atoms with E-state index in [1.54, 1.807) is 13.0 Å². The topological polar surface area (TPSA) is 66.8 Å². The van der Waals surface area contributed by atoms with Gasteiger partial charge in [0.2, 0.25) is 0 Å². The van der Waals surface area contributed by atoms with Gasteiger partial charge >= 0.3 is 5.97 Å². The zero-order valence-electron chi connectivity index (χ0n) is 8.36. The Bertz CT molecular complexity index is 413. The van der Waals surface area contributed by atoms with Gasteiger partial charge in [0.25, 0.3) is 0 Å². The van der Waals surface area contributed by atoms with Crippen LogP contribution in [0.25, 0.3) is 0 Å². The fourth-order valence-corrected chi connectivity index (χ4v) is 1.93. The van der Waals surface area contributed by atoms with E-state index < -0.39 is 11.6 Å². The fraction of sp³-hybridized carbons (Fsp3) is 0.364. The first-order valence-corrected chi connectivity index (χ1v) is 4.72. The molecule has 0 aromatic heterocycles. The molecule has 0 spiro atoms. The van der Waals surface area contributed by atoms with Crippen LogP contribution in [-0.4, -0.2) is 21.8 Å². The van der Waals surface area contributed by atoms with Crippen LogP contribution in [0, 0.1) is 0 Å². The van der Waals surface area contributed by atoms with Crippen LogP contribution < -0.4 is 4.74 Å². The van der Waals surface area contributed by atoms with Crippen molar-refractivity contribution in [2.75, 3.05) is 0 Å². The van der Waals surface area contributed by atoms with Crippen molar-refractivity contribution in [1.29, 1.82) is 0 Å². The Morgan fingerprint density at radius 2 is 2.33 bits per heavy atom. The standard InChI is InChI=1S/C11H12O4/c1-11(6-9(13)14)5-7-3-2-4-8(12)10(7)15-11/h2-4,12H,5-6H2,1H3,(H,13,14). The predicted octanol–water partition coefficient (Wildman–Crippen LogP) is 1.56. The van der Waals surface area contributed by atoms with Crippen LogP contribution in [0.4, 0.5) is 0 Å². The molecule has 0 saturated carbocycles. The molecule has 1 aliphatic heterocycles. The average Bonchev–Trinajstić information content (AvgIpc) is 2.41. The summed E-state index contributed by atoms with van der Waals surface area (Å²) in [6.45, 7) is 1.74. The number of aliphatic carboxylic acids is 1. The van der Waals surface area contributed by atoms with Gasteiger partial charge in [-0.05, 0) is 13.0 Å². The molecule has 2 N–H and O–H groups in total. The summed E-state index contributed by atoms with van der Waals surface area (Å²) in [5.41, 5.74) is 0.117. The van der Waals surface area contributed by atoms with Gasteiger partial charge < -0.3 is 14.9 Å². The summed E-state index contributed by atoms with van der Waals surface area (Å²) in [6, 6.07) is 5.09. The van der Waals surface area contributed by atoms with Crippen molar-refractivity contribution in [2.24, 2.45) is 0 Å². The Morgan fingerprint density at radius 1 is 1.60 bits per heavy atom. The lowest BCUT2D eigenvalue weighted by molar-refractivity contribution is -0.140. The number of benzene rings is 1. The zero-order valence-corrected chi connectivity index (χ0v) is 8.36. The molecule has 1 heterocycles. The van der Waals surface area contributed by atoms with Gasteiger partial charge in [0, 0.05) is 12.0 Å². The van der Waals surface area contributed by atoms with E-state index >= 15 is 0 Å². The molecule has 1 unspecified atom stereocenters. The number of phenols is 1. The third-order valence-electron chi connectivity index (χ3n) is 2.51. The molecule has 0 amide bonds. The maximum atomic E-state index is 10.7. The van der Waals surface area contributed by atoms with E-state index in [0.717, 1.165) is 5.56 Å². The van der Waals surface area contributed by atoms with E-state index in [1.807, 2.05) is 6.07 Å². The molecule has 0 radical (unpaired) electrons. The average molecular weight is 208 g/mol. The lowest BCUT2D eigenvalue weighted by Gasteiger charge is -2.21. The smallest absolute Gasteiger partial charge is 0.307 e. The van der Waals surface area contributed by atoms with Crippen molar-refractivity contribution >= 4 is 5.97 Å². The number of ether oxygens (including phenoxy) is 1. The van der Waals surface area contributed by atoms with Crippen LogP contribution in [-0.2, 0) is 11.2 Å². The normalized spacial score (nSPS) is 23.3. The second-order valence-electron chi connectivity index (χ2n) is 4.06. The Morgan fingerprint density at radius 3 is 2.93 bits per heavy atom. The van der Waals surface area contributed by atoms with Crippen LogP contribution in [0.3, 0.4) is 0 Å². The van der Waals surface area contributed by atoms with Gasteiger partial charge in [-0.1, -0.05) is 12.1 Å². The van der Waals surface area contributed by atoms with Crippen LogP contribution in [0.1, 0.15) is 18.9 Å². The van der Waals surface area contributed by atoms with Gasteiger partial charge in [-0.25, -0.2) is 0 Å². The molecular formula is C11H12O4. The molecule has 4 nitrogen and oxygen atoms in total. The van der Waals surface area contributed by atoms with E-state index in [2.05, 4.69) is 0 Å². The number of hydrogen-bond donors (Lipinski definition) is 2. The molecule has 4 heteroatoms. The van der Waals surface area contributed by atoms with E-state index in [9.17, 15) is 9.90 Å². The minimum absolute atomic E-state index is 0.0683. The van der Waals surface area contributed by atoms with Gasteiger partial charge in [0.15, 0.2) is 11.5 Å². The SMILES string of the molecule is CC1(CC(=O)O)Cc2cccc(O)c2O1. The maximum Gasteiger partial charge on any atom is 0.307 e. The van der Waals surface area contributed by atoms with E-state index in [-0.39, 0.29) is 12.2 Å².